The minimum atomic E-state index is -1.19. The molecule has 8 heteroatoms. The van der Waals surface area contributed by atoms with Crippen molar-refractivity contribution in [3.8, 4) is 0 Å². The van der Waals surface area contributed by atoms with Crippen LogP contribution in [0.3, 0.4) is 0 Å². The molecule has 1 amide bonds. The molecule has 1 aromatic rings. The molecule has 0 aliphatic carbocycles. The summed E-state index contributed by atoms with van der Waals surface area (Å²) in [5.74, 6) is -1.65. The van der Waals surface area contributed by atoms with Crippen molar-refractivity contribution in [3.63, 3.8) is 0 Å². The van der Waals surface area contributed by atoms with Crippen LogP contribution in [0.5, 0.6) is 0 Å². The summed E-state index contributed by atoms with van der Waals surface area (Å²) in [6.45, 7) is 0. The van der Waals surface area contributed by atoms with Gasteiger partial charge in [0.15, 0.2) is 5.71 Å². The standard InChI is InChI=1S/C10H8BrN3O4/c11-5-1-6(4-12-3-5)13-9(15)8-2-7(10(16)17)14-18-8/h1,3-4,8H,2H2,(H,13,15)(H,16,17). The molecule has 0 radical (unpaired) electrons. The first-order valence-corrected chi connectivity index (χ1v) is 5.73. The summed E-state index contributed by atoms with van der Waals surface area (Å²) >= 11 is 3.22. The molecule has 18 heavy (non-hydrogen) atoms. The van der Waals surface area contributed by atoms with Crippen LogP contribution in [-0.4, -0.2) is 33.8 Å². The van der Waals surface area contributed by atoms with Gasteiger partial charge in [0.1, 0.15) is 0 Å². The van der Waals surface area contributed by atoms with E-state index in [4.69, 9.17) is 9.94 Å². The van der Waals surface area contributed by atoms with E-state index in [2.05, 4.69) is 31.4 Å². The molecule has 2 N–H and O–H groups in total. The third-order valence-electron chi connectivity index (χ3n) is 2.18. The Morgan fingerprint density at radius 2 is 2.28 bits per heavy atom. The molecule has 0 saturated heterocycles. The van der Waals surface area contributed by atoms with Crippen molar-refractivity contribution in [3.05, 3.63) is 22.9 Å². The zero-order chi connectivity index (χ0) is 13.1. The number of amides is 1. The Bertz CT molecular complexity index is 532. The highest BCUT2D eigenvalue weighted by Gasteiger charge is 2.31. The number of halogens is 1. The fourth-order valence-corrected chi connectivity index (χ4v) is 1.71. The molecule has 7 nitrogen and oxygen atoms in total. The average molecular weight is 314 g/mol. The van der Waals surface area contributed by atoms with E-state index in [0.29, 0.717) is 5.69 Å². The maximum Gasteiger partial charge on any atom is 0.353 e. The number of carbonyl (C=O) groups excluding carboxylic acids is 1. The average Bonchev–Trinajstić information content (AvgIpc) is 2.78. The van der Waals surface area contributed by atoms with E-state index in [0.717, 1.165) is 4.47 Å². The normalized spacial score (nSPS) is 17.8. The van der Waals surface area contributed by atoms with E-state index < -0.39 is 18.0 Å². The molecule has 1 aliphatic heterocycles. The Morgan fingerprint density at radius 3 is 2.89 bits per heavy atom. The molecule has 94 valence electrons. The molecule has 0 spiro atoms. The van der Waals surface area contributed by atoms with Gasteiger partial charge in [0.05, 0.1) is 11.9 Å². The molecule has 2 rings (SSSR count). The number of pyridine rings is 1. The van der Waals surface area contributed by atoms with Crippen LogP contribution in [0.1, 0.15) is 6.42 Å². The van der Waals surface area contributed by atoms with Gasteiger partial charge in [0, 0.05) is 17.1 Å². The molecular weight excluding hydrogens is 306 g/mol. The van der Waals surface area contributed by atoms with Gasteiger partial charge in [0.25, 0.3) is 5.91 Å². The second kappa shape index (κ2) is 5.13. The molecule has 0 aromatic carbocycles. The summed E-state index contributed by atoms with van der Waals surface area (Å²) in [5, 5.41) is 14.6. The van der Waals surface area contributed by atoms with Crippen molar-refractivity contribution in [1.82, 2.24) is 4.98 Å². The summed E-state index contributed by atoms with van der Waals surface area (Å²) in [7, 11) is 0. The summed E-state index contributed by atoms with van der Waals surface area (Å²) in [5.41, 5.74) is 0.323. The van der Waals surface area contributed by atoms with Crippen molar-refractivity contribution >= 4 is 39.2 Å². The third-order valence-corrected chi connectivity index (χ3v) is 2.61. The quantitative estimate of drug-likeness (QED) is 0.867. The predicted molar refractivity (Wildman–Crippen MR) is 65.1 cm³/mol. The van der Waals surface area contributed by atoms with Crippen molar-refractivity contribution in [2.45, 2.75) is 12.5 Å². The Morgan fingerprint density at radius 1 is 1.50 bits per heavy atom. The Hall–Kier alpha value is -1.96. The molecule has 1 aliphatic rings. The van der Waals surface area contributed by atoms with Crippen LogP contribution in [0.2, 0.25) is 0 Å². The lowest BCUT2D eigenvalue weighted by Gasteiger charge is -2.08. The van der Waals surface area contributed by atoms with Crippen LogP contribution in [0, 0.1) is 0 Å². The van der Waals surface area contributed by atoms with E-state index in [-0.39, 0.29) is 12.1 Å². The van der Waals surface area contributed by atoms with Gasteiger partial charge in [-0.05, 0) is 22.0 Å². The van der Waals surface area contributed by atoms with Gasteiger partial charge in [-0.15, -0.1) is 0 Å². The number of oxime groups is 1. The first kappa shape index (κ1) is 12.5. The highest BCUT2D eigenvalue weighted by atomic mass is 79.9. The lowest BCUT2D eigenvalue weighted by molar-refractivity contribution is -0.129. The summed E-state index contributed by atoms with van der Waals surface area (Å²) < 4.78 is 0.718. The second-order valence-electron chi connectivity index (χ2n) is 3.52. The van der Waals surface area contributed by atoms with E-state index in [1.807, 2.05) is 0 Å². The molecule has 2 heterocycles. The number of anilines is 1. The highest BCUT2D eigenvalue weighted by molar-refractivity contribution is 9.10. The van der Waals surface area contributed by atoms with E-state index >= 15 is 0 Å². The summed E-state index contributed by atoms with van der Waals surface area (Å²) in [6.07, 6.45) is 2.07. The van der Waals surface area contributed by atoms with Gasteiger partial charge in [-0.25, -0.2) is 4.79 Å². The number of carboxylic acid groups (broad SMARTS) is 1. The van der Waals surface area contributed by atoms with Gasteiger partial charge in [-0.3, -0.25) is 9.78 Å². The van der Waals surface area contributed by atoms with Crippen molar-refractivity contribution in [1.29, 1.82) is 0 Å². The number of hydrogen-bond donors (Lipinski definition) is 2. The smallest absolute Gasteiger partial charge is 0.353 e. The molecule has 0 bridgehead atoms. The number of nitrogens with zero attached hydrogens (tertiary/aromatic N) is 2. The zero-order valence-corrected chi connectivity index (χ0v) is 10.5. The minimum Gasteiger partial charge on any atom is -0.477 e. The third kappa shape index (κ3) is 2.83. The largest absolute Gasteiger partial charge is 0.477 e. The lowest BCUT2D eigenvalue weighted by Crippen LogP contribution is -2.28. The maximum atomic E-state index is 11.7. The molecule has 1 aromatic heterocycles. The van der Waals surface area contributed by atoms with E-state index in [1.54, 1.807) is 12.3 Å². The van der Waals surface area contributed by atoms with Crippen molar-refractivity contribution < 1.29 is 19.5 Å². The second-order valence-corrected chi connectivity index (χ2v) is 4.44. The van der Waals surface area contributed by atoms with Gasteiger partial charge in [-0.1, -0.05) is 5.16 Å². The number of carbonyl (C=O) groups is 2. The van der Waals surface area contributed by atoms with Crippen molar-refractivity contribution in [2.75, 3.05) is 5.32 Å². The fourth-order valence-electron chi connectivity index (χ4n) is 1.35. The van der Waals surface area contributed by atoms with Crippen LogP contribution in [-0.2, 0) is 14.4 Å². The summed E-state index contributed by atoms with van der Waals surface area (Å²) in [6, 6.07) is 1.67. The predicted octanol–water partition coefficient (Wildman–Crippen LogP) is 1.01. The fraction of sp³-hybridized carbons (Fsp3) is 0.200. The van der Waals surface area contributed by atoms with Crippen molar-refractivity contribution in [2.24, 2.45) is 5.16 Å². The topological polar surface area (TPSA) is 101 Å². The Kier molecular flexibility index (Phi) is 3.56. The highest BCUT2D eigenvalue weighted by Crippen LogP contribution is 2.16. The first-order valence-electron chi connectivity index (χ1n) is 4.93. The van der Waals surface area contributed by atoms with E-state index in [9.17, 15) is 9.59 Å². The number of rotatable bonds is 3. The minimum absolute atomic E-state index is 0.0530. The van der Waals surface area contributed by atoms with Crippen LogP contribution >= 0.6 is 15.9 Å². The zero-order valence-electron chi connectivity index (χ0n) is 8.96. The van der Waals surface area contributed by atoms with Gasteiger partial charge in [0.2, 0.25) is 6.10 Å². The molecular formula is C10H8BrN3O4. The van der Waals surface area contributed by atoms with Gasteiger partial charge >= 0.3 is 5.97 Å². The Balaban J connectivity index is 1.96. The van der Waals surface area contributed by atoms with Crippen LogP contribution < -0.4 is 5.32 Å². The number of aliphatic carboxylic acids is 1. The van der Waals surface area contributed by atoms with E-state index in [1.165, 1.54) is 6.20 Å². The molecule has 1 unspecified atom stereocenters. The lowest BCUT2D eigenvalue weighted by atomic mass is 10.1. The maximum absolute atomic E-state index is 11.7. The number of aromatic nitrogens is 1. The molecule has 1 atom stereocenters. The number of carboxylic acids is 1. The number of hydrogen-bond acceptors (Lipinski definition) is 5. The molecule has 0 saturated carbocycles. The monoisotopic (exact) mass is 313 g/mol. The Labute approximate surface area is 110 Å². The first-order chi connectivity index (χ1) is 8.56. The van der Waals surface area contributed by atoms with Crippen LogP contribution in [0.15, 0.2) is 28.1 Å². The molecule has 0 fully saturated rings. The van der Waals surface area contributed by atoms with Crippen LogP contribution in [0.25, 0.3) is 0 Å². The number of nitrogens with one attached hydrogen (secondary N) is 1. The SMILES string of the molecule is O=C(O)C1=NOC(C(=O)Nc2cncc(Br)c2)C1. The van der Waals surface area contributed by atoms with Crippen LogP contribution in [0.4, 0.5) is 5.69 Å². The van der Waals surface area contributed by atoms with Gasteiger partial charge in [-0.2, -0.15) is 0 Å². The van der Waals surface area contributed by atoms with Gasteiger partial charge < -0.3 is 15.3 Å². The summed E-state index contributed by atoms with van der Waals surface area (Å²) in [4.78, 5) is 31.0.